The molecule has 0 saturated carbocycles. The first-order chi connectivity index (χ1) is 9.51. The van der Waals surface area contributed by atoms with Crippen LogP contribution in [0.15, 0.2) is 40.9 Å². The van der Waals surface area contributed by atoms with Gasteiger partial charge in [-0.3, -0.25) is 10.1 Å². The molecule has 0 saturated heterocycles. The summed E-state index contributed by atoms with van der Waals surface area (Å²) in [5.41, 5.74) is 0.842. The highest BCUT2D eigenvalue weighted by Crippen LogP contribution is 2.36. The molecule has 7 heteroatoms. The molecule has 0 N–H and O–H groups in total. The monoisotopic (exact) mass is 375 g/mol. The van der Waals surface area contributed by atoms with Crippen molar-refractivity contribution >= 4 is 44.8 Å². The van der Waals surface area contributed by atoms with Crippen LogP contribution in [0.2, 0.25) is 5.02 Å². The molecule has 0 spiro atoms. The molecule has 0 heterocycles. The maximum absolute atomic E-state index is 10.8. The molecule has 104 valence electrons. The van der Waals surface area contributed by atoms with Crippen molar-refractivity contribution in [2.45, 2.75) is 5.88 Å². The summed E-state index contributed by atoms with van der Waals surface area (Å²) in [6.07, 6.45) is 0. The second kappa shape index (κ2) is 6.43. The van der Waals surface area contributed by atoms with E-state index in [0.29, 0.717) is 21.1 Å². The van der Waals surface area contributed by atoms with Gasteiger partial charge in [0.05, 0.1) is 20.5 Å². The standard InChI is InChI=1S/C13H8BrCl2NO3/c14-10-5-8(7-15)1-4-12(10)20-13-6-9(17(18)19)2-3-11(13)16/h1-6H,7H2. The number of nitro benzene ring substituents is 1. The Morgan fingerprint density at radius 3 is 2.55 bits per heavy atom. The number of alkyl halides is 1. The third-order valence-corrected chi connectivity index (χ3v) is 3.74. The molecule has 2 aromatic carbocycles. The van der Waals surface area contributed by atoms with Gasteiger partial charge in [0.15, 0.2) is 5.75 Å². The maximum atomic E-state index is 10.8. The summed E-state index contributed by atoms with van der Waals surface area (Å²) in [6.45, 7) is 0. The normalized spacial score (nSPS) is 10.3. The van der Waals surface area contributed by atoms with E-state index in [-0.39, 0.29) is 11.4 Å². The van der Waals surface area contributed by atoms with Crippen molar-refractivity contribution in [3.05, 3.63) is 61.6 Å². The number of nitrogens with zero attached hydrogens (tertiary/aromatic N) is 1. The molecule has 4 nitrogen and oxygen atoms in total. The molecule has 2 rings (SSSR count). The Hall–Kier alpha value is -1.30. The van der Waals surface area contributed by atoms with E-state index in [0.717, 1.165) is 5.56 Å². The summed E-state index contributed by atoms with van der Waals surface area (Å²) >= 11 is 15.1. The number of benzene rings is 2. The van der Waals surface area contributed by atoms with E-state index in [2.05, 4.69) is 15.9 Å². The van der Waals surface area contributed by atoms with Crippen molar-refractivity contribution in [2.24, 2.45) is 0 Å². The van der Waals surface area contributed by atoms with Crippen molar-refractivity contribution in [1.29, 1.82) is 0 Å². The van der Waals surface area contributed by atoms with E-state index in [1.54, 1.807) is 12.1 Å². The molecule has 2 aromatic rings. The number of non-ortho nitro benzene ring substituents is 1. The van der Waals surface area contributed by atoms with Gasteiger partial charge in [-0.05, 0) is 39.7 Å². The van der Waals surface area contributed by atoms with Gasteiger partial charge in [0.25, 0.3) is 5.69 Å². The zero-order chi connectivity index (χ0) is 14.7. The molecule has 0 amide bonds. The SMILES string of the molecule is O=[N+]([O-])c1ccc(Cl)c(Oc2ccc(CCl)cc2Br)c1. The number of hydrogen-bond acceptors (Lipinski definition) is 3. The van der Waals surface area contributed by atoms with Gasteiger partial charge in [0.1, 0.15) is 5.75 Å². The Morgan fingerprint density at radius 1 is 1.20 bits per heavy atom. The zero-order valence-corrected chi connectivity index (χ0v) is 13.1. The van der Waals surface area contributed by atoms with Gasteiger partial charge in [0.2, 0.25) is 0 Å². The van der Waals surface area contributed by atoms with Crippen LogP contribution in [0.3, 0.4) is 0 Å². The molecular formula is C13H8BrCl2NO3. The molecule has 20 heavy (non-hydrogen) atoms. The van der Waals surface area contributed by atoms with Crippen molar-refractivity contribution < 1.29 is 9.66 Å². The van der Waals surface area contributed by atoms with Gasteiger partial charge in [0, 0.05) is 11.9 Å². The van der Waals surface area contributed by atoms with Crippen molar-refractivity contribution in [2.75, 3.05) is 0 Å². The molecule has 0 fully saturated rings. The minimum Gasteiger partial charge on any atom is -0.454 e. The lowest BCUT2D eigenvalue weighted by molar-refractivity contribution is -0.384. The second-order valence-corrected chi connectivity index (χ2v) is 5.40. The Balaban J connectivity index is 2.34. The van der Waals surface area contributed by atoms with Crippen LogP contribution in [0.25, 0.3) is 0 Å². The first kappa shape index (κ1) is 15.1. The molecule has 0 bridgehead atoms. The highest BCUT2D eigenvalue weighted by molar-refractivity contribution is 9.10. The number of ether oxygens (including phenoxy) is 1. The second-order valence-electron chi connectivity index (χ2n) is 3.87. The van der Waals surface area contributed by atoms with Crippen molar-refractivity contribution in [1.82, 2.24) is 0 Å². The van der Waals surface area contributed by atoms with Crippen LogP contribution in [0.4, 0.5) is 5.69 Å². The van der Waals surface area contributed by atoms with E-state index in [1.165, 1.54) is 18.2 Å². The predicted molar refractivity (Wildman–Crippen MR) is 81.9 cm³/mol. The molecule has 0 aliphatic carbocycles. The lowest BCUT2D eigenvalue weighted by atomic mass is 10.2. The molecule has 0 unspecified atom stereocenters. The molecule has 0 radical (unpaired) electrons. The van der Waals surface area contributed by atoms with E-state index in [1.807, 2.05) is 6.07 Å². The average Bonchev–Trinajstić information content (AvgIpc) is 2.42. The van der Waals surface area contributed by atoms with Gasteiger partial charge in [-0.25, -0.2) is 0 Å². The zero-order valence-electron chi connectivity index (χ0n) is 9.98. The number of rotatable bonds is 4. The lowest BCUT2D eigenvalue weighted by Gasteiger charge is -2.10. The highest BCUT2D eigenvalue weighted by atomic mass is 79.9. The number of hydrogen-bond donors (Lipinski definition) is 0. The van der Waals surface area contributed by atoms with Crippen LogP contribution in [0.5, 0.6) is 11.5 Å². The first-order valence-corrected chi connectivity index (χ1v) is 7.18. The molecular weight excluding hydrogens is 369 g/mol. The smallest absolute Gasteiger partial charge is 0.273 e. The third kappa shape index (κ3) is 3.42. The Labute approximate surface area is 133 Å². The molecule has 0 aliphatic heterocycles. The number of nitro groups is 1. The van der Waals surface area contributed by atoms with Crippen molar-refractivity contribution in [3.63, 3.8) is 0 Å². The largest absolute Gasteiger partial charge is 0.454 e. The molecule has 0 aliphatic rings. The fourth-order valence-electron chi connectivity index (χ4n) is 1.51. The van der Waals surface area contributed by atoms with E-state index < -0.39 is 4.92 Å². The number of halogens is 3. The van der Waals surface area contributed by atoms with Crippen LogP contribution >= 0.6 is 39.1 Å². The van der Waals surface area contributed by atoms with Crippen LogP contribution in [-0.2, 0) is 5.88 Å². The van der Waals surface area contributed by atoms with Crippen LogP contribution < -0.4 is 4.74 Å². The minimum absolute atomic E-state index is 0.0853. The Bertz CT molecular complexity index is 664. The summed E-state index contributed by atoms with van der Waals surface area (Å²) in [5, 5.41) is 11.0. The maximum Gasteiger partial charge on any atom is 0.273 e. The predicted octanol–water partition coefficient (Wildman–Crippen LogP) is 5.54. The van der Waals surface area contributed by atoms with Crippen molar-refractivity contribution in [3.8, 4) is 11.5 Å². The summed E-state index contributed by atoms with van der Waals surface area (Å²) < 4.78 is 6.30. The highest BCUT2D eigenvalue weighted by Gasteiger charge is 2.13. The van der Waals surface area contributed by atoms with Gasteiger partial charge in [-0.15, -0.1) is 11.6 Å². The fourth-order valence-corrected chi connectivity index (χ4v) is 2.34. The van der Waals surface area contributed by atoms with E-state index >= 15 is 0 Å². The summed E-state index contributed by atoms with van der Waals surface area (Å²) in [6, 6.07) is 9.37. The third-order valence-electron chi connectivity index (χ3n) is 2.50. The quantitative estimate of drug-likeness (QED) is 0.399. The topological polar surface area (TPSA) is 52.4 Å². The van der Waals surface area contributed by atoms with Gasteiger partial charge < -0.3 is 4.74 Å². The first-order valence-electron chi connectivity index (χ1n) is 5.47. The molecule has 0 aromatic heterocycles. The van der Waals surface area contributed by atoms with Gasteiger partial charge in [-0.1, -0.05) is 17.7 Å². The fraction of sp³-hybridized carbons (Fsp3) is 0.0769. The summed E-state index contributed by atoms with van der Waals surface area (Å²) in [4.78, 5) is 10.2. The Kier molecular flexibility index (Phi) is 4.86. The summed E-state index contributed by atoms with van der Waals surface area (Å²) in [5.74, 6) is 1.11. The van der Waals surface area contributed by atoms with Crippen LogP contribution in [0.1, 0.15) is 5.56 Å². The van der Waals surface area contributed by atoms with Crippen LogP contribution in [0, 0.1) is 10.1 Å². The minimum atomic E-state index is -0.505. The average molecular weight is 377 g/mol. The van der Waals surface area contributed by atoms with E-state index in [9.17, 15) is 10.1 Å². The van der Waals surface area contributed by atoms with E-state index in [4.69, 9.17) is 27.9 Å². The molecule has 0 atom stereocenters. The lowest BCUT2D eigenvalue weighted by Crippen LogP contribution is -1.91. The summed E-state index contributed by atoms with van der Waals surface area (Å²) in [7, 11) is 0. The Morgan fingerprint density at radius 2 is 1.95 bits per heavy atom. The van der Waals surface area contributed by atoms with Gasteiger partial charge in [-0.2, -0.15) is 0 Å². The van der Waals surface area contributed by atoms with Gasteiger partial charge >= 0.3 is 0 Å². The van der Waals surface area contributed by atoms with Crippen LogP contribution in [-0.4, -0.2) is 4.92 Å².